The molecule has 4 nitrogen and oxygen atoms in total. The van der Waals surface area contributed by atoms with Crippen molar-refractivity contribution in [2.24, 2.45) is 5.92 Å². The molecule has 2 N–H and O–H groups in total. The van der Waals surface area contributed by atoms with E-state index in [1.54, 1.807) is 0 Å². The third-order valence-electron chi connectivity index (χ3n) is 3.11. The minimum absolute atomic E-state index is 0.0108. The van der Waals surface area contributed by atoms with Crippen LogP contribution in [-0.4, -0.2) is 23.0 Å². The molecule has 0 aromatic heterocycles. The molecule has 102 valence electrons. The van der Waals surface area contributed by atoms with Gasteiger partial charge >= 0.3 is 5.97 Å². The lowest BCUT2D eigenvalue weighted by Gasteiger charge is -2.17. The van der Waals surface area contributed by atoms with Gasteiger partial charge < -0.3 is 10.4 Å². The SMILES string of the molecule is O=C(O)C[C@H](Cc1ccc(Br)cc1)NC(=O)C1CC1. The summed E-state index contributed by atoms with van der Waals surface area (Å²) in [4.78, 5) is 22.6. The molecule has 1 aromatic carbocycles. The second-order valence-electron chi connectivity index (χ2n) is 4.91. The van der Waals surface area contributed by atoms with E-state index in [2.05, 4.69) is 21.2 Å². The van der Waals surface area contributed by atoms with Crippen LogP contribution in [-0.2, 0) is 16.0 Å². The van der Waals surface area contributed by atoms with E-state index >= 15 is 0 Å². The van der Waals surface area contributed by atoms with Crippen LogP contribution in [0.5, 0.6) is 0 Å². The van der Waals surface area contributed by atoms with Crippen LogP contribution in [0.3, 0.4) is 0 Å². The fourth-order valence-corrected chi connectivity index (χ4v) is 2.22. The van der Waals surface area contributed by atoms with Gasteiger partial charge in [0.25, 0.3) is 0 Å². The van der Waals surface area contributed by atoms with E-state index < -0.39 is 5.97 Å². The van der Waals surface area contributed by atoms with Crippen molar-refractivity contribution in [1.82, 2.24) is 5.32 Å². The smallest absolute Gasteiger partial charge is 0.305 e. The van der Waals surface area contributed by atoms with Crippen LogP contribution in [0.2, 0.25) is 0 Å². The zero-order valence-corrected chi connectivity index (χ0v) is 12.0. The lowest BCUT2D eigenvalue weighted by Crippen LogP contribution is -2.38. The molecule has 1 aromatic rings. The number of hydrogen-bond donors (Lipinski definition) is 2. The summed E-state index contributed by atoms with van der Waals surface area (Å²) in [5.74, 6) is -0.803. The summed E-state index contributed by atoms with van der Waals surface area (Å²) in [6, 6.07) is 7.35. The Balaban J connectivity index is 1.97. The van der Waals surface area contributed by atoms with Gasteiger partial charge in [-0.2, -0.15) is 0 Å². The lowest BCUT2D eigenvalue weighted by molar-refractivity contribution is -0.137. The topological polar surface area (TPSA) is 66.4 Å². The van der Waals surface area contributed by atoms with E-state index in [1.807, 2.05) is 24.3 Å². The van der Waals surface area contributed by atoms with Crippen molar-refractivity contribution in [2.75, 3.05) is 0 Å². The van der Waals surface area contributed by atoms with E-state index in [0.29, 0.717) is 6.42 Å². The number of benzene rings is 1. The van der Waals surface area contributed by atoms with Crippen LogP contribution in [0.15, 0.2) is 28.7 Å². The molecular formula is C14H16BrNO3. The number of nitrogens with one attached hydrogen (secondary N) is 1. The molecule has 0 spiro atoms. The highest BCUT2D eigenvalue weighted by Gasteiger charge is 2.31. The van der Waals surface area contributed by atoms with Gasteiger partial charge in [-0.3, -0.25) is 9.59 Å². The van der Waals surface area contributed by atoms with Crippen LogP contribution in [0.4, 0.5) is 0 Å². The quantitative estimate of drug-likeness (QED) is 0.843. The molecule has 1 aliphatic carbocycles. The first kappa shape index (κ1) is 14.1. The first-order chi connectivity index (χ1) is 9.04. The Labute approximate surface area is 120 Å². The summed E-state index contributed by atoms with van der Waals surface area (Å²) in [7, 11) is 0. The maximum atomic E-state index is 11.7. The first-order valence-corrected chi connectivity index (χ1v) is 7.10. The molecule has 0 heterocycles. The van der Waals surface area contributed by atoms with Gasteiger partial charge in [0, 0.05) is 16.4 Å². The van der Waals surface area contributed by atoms with E-state index in [9.17, 15) is 9.59 Å². The van der Waals surface area contributed by atoms with Crippen molar-refractivity contribution in [1.29, 1.82) is 0 Å². The number of carboxylic acid groups (broad SMARTS) is 1. The maximum absolute atomic E-state index is 11.7. The monoisotopic (exact) mass is 325 g/mol. The molecule has 1 saturated carbocycles. The number of halogens is 1. The molecule has 0 aliphatic heterocycles. The van der Waals surface area contributed by atoms with Crippen LogP contribution >= 0.6 is 15.9 Å². The predicted octanol–water partition coefficient (Wildman–Crippen LogP) is 2.36. The van der Waals surface area contributed by atoms with Crippen molar-refractivity contribution in [2.45, 2.75) is 31.7 Å². The number of hydrogen-bond acceptors (Lipinski definition) is 2. The molecule has 0 bridgehead atoms. The summed E-state index contributed by atoms with van der Waals surface area (Å²) >= 11 is 3.36. The Hall–Kier alpha value is -1.36. The molecule has 19 heavy (non-hydrogen) atoms. The number of carboxylic acids is 1. The van der Waals surface area contributed by atoms with Crippen molar-refractivity contribution in [3.05, 3.63) is 34.3 Å². The van der Waals surface area contributed by atoms with Gasteiger partial charge in [0.15, 0.2) is 0 Å². The van der Waals surface area contributed by atoms with Crippen molar-refractivity contribution in [3.63, 3.8) is 0 Å². The second kappa shape index (κ2) is 6.19. The third-order valence-corrected chi connectivity index (χ3v) is 3.64. The van der Waals surface area contributed by atoms with E-state index in [4.69, 9.17) is 5.11 Å². The maximum Gasteiger partial charge on any atom is 0.305 e. The van der Waals surface area contributed by atoms with Crippen molar-refractivity contribution < 1.29 is 14.7 Å². The number of carbonyl (C=O) groups excluding carboxylic acids is 1. The number of aliphatic carboxylic acids is 1. The van der Waals surface area contributed by atoms with Crippen LogP contribution in [0.1, 0.15) is 24.8 Å². The standard InChI is InChI=1S/C14H16BrNO3/c15-11-5-1-9(2-6-11)7-12(8-13(17)18)16-14(19)10-3-4-10/h1-2,5-6,10,12H,3-4,7-8H2,(H,16,19)(H,17,18)/t12-/m0/s1. The molecule has 0 radical (unpaired) electrons. The molecule has 1 atom stereocenters. The fourth-order valence-electron chi connectivity index (χ4n) is 1.95. The van der Waals surface area contributed by atoms with Gasteiger partial charge in [0.1, 0.15) is 0 Å². The zero-order valence-electron chi connectivity index (χ0n) is 10.4. The molecular weight excluding hydrogens is 310 g/mol. The molecule has 2 rings (SSSR count). The number of rotatable bonds is 6. The van der Waals surface area contributed by atoms with E-state index in [-0.39, 0.29) is 24.3 Å². The molecule has 1 fully saturated rings. The average molecular weight is 326 g/mol. The summed E-state index contributed by atoms with van der Waals surface area (Å²) in [6.45, 7) is 0. The largest absolute Gasteiger partial charge is 0.481 e. The van der Waals surface area contributed by atoms with Crippen molar-refractivity contribution in [3.8, 4) is 0 Å². The molecule has 0 saturated heterocycles. The number of amides is 1. The highest BCUT2D eigenvalue weighted by molar-refractivity contribution is 9.10. The molecule has 1 aliphatic rings. The Bertz CT molecular complexity index is 468. The molecule has 0 unspecified atom stereocenters. The lowest BCUT2D eigenvalue weighted by atomic mass is 10.0. The van der Waals surface area contributed by atoms with Gasteiger partial charge in [-0.05, 0) is 37.0 Å². The number of carbonyl (C=O) groups is 2. The Morgan fingerprint density at radius 2 is 1.95 bits per heavy atom. The summed E-state index contributed by atoms with van der Waals surface area (Å²) in [6.07, 6.45) is 2.33. The summed E-state index contributed by atoms with van der Waals surface area (Å²) in [5, 5.41) is 11.8. The Morgan fingerprint density at radius 1 is 1.32 bits per heavy atom. The molecule has 5 heteroatoms. The Kier molecular flexibility index (Phi) is 4.58. The second-order valence-corrected chi connectivity index (χ2v) is 5.82. The third kappa shape index (κ3) is 4.67. The Morgan fingerprint density at radius 3 is 2.47 bits per heavy atom. The summed E-state index contributed by atoms with van der Waals surface area (Å²) in [5.41, 5.74) is 1.02. The van der Waals surface area contributed by atoms with Gasteiger partial charge in [-0.1, -0.05) is 28.1 Å². The van der Waals surface area contributed by atoms with Crippen LogP contribution in [0, 0.1) is 5.92 Å². The predicted molar refractivity (Wildman–Crippen MR) is 74.8 cm³/mol. The highest BCUT2D eigenvalue weighted by Crippen LogP contribution is 2.29. The normalized spacial score (nSPS) is 15.8. The van der Waals surface area contributed by atoms with E-state index in [1.165, 1.54) is 0 Å². The van der Waals surface area contributed by atoms with Crippen LogP contribution in [0.25, 0.3) is 0 Å². The summed E-state index contributed by atoms with van der Waals surface area (Å²) < 4.78 is 0.980. The molecule has 1 amide bonds. The van der Waals surface area contributed by atoms with Crippen molar-refractivity contribution >= 4 is 27.8 Å². The van der Waals surface area contributed by atoms with Crippen LogP contribution < -0.4 is 5.32 Å². The minimum atomic E-state index is -0.891. The van der Waals surface area contributed by atoms with Gasteiger partial charge in [-0.25, -0.2) is 0 Å². The van der Waals surface area contributed by atoms with Gasteiger partial charge in [-0.15, -0.1) is 0 Å². The highest BCUT2D eigenvalue weighted by atomic mass is 79.9. The van der Waals surface area contributed by atoms with E-state index in [0.717, 1.165) is 22.9 Å². The van der Waals surface area contributed by atoms with Gasteiger partial charge in [0.05, 0.1) is 6.42 Å². The average Bonchev–Trinajstić information content (AvgIpc) is 3.15. The zero-order chi connectivity index (χ0) is 13.8. The van der Waals surface area contributed by atoms with Gasteiger partial charge in [0.2, 0.25) is 5.91 Å². The fraction of sp³-hybridized carbons (Fsp3) is 0.429. The first-order valence-electron chi connectivity index (χ1n) is 6.31. The minimum Gasteiger partial charge on any atom is -0.481 e.